The fourth-order valence-electron chi connectivity index (χ4n) is 0.924. The number of nitrogen functional groups attached to an aromatic ring is 1. The van der Waals surface area contributed by atoms with Gasteiger partial charge in [0.05, 0.1) is 18.5 Å². The maximum absolute atomic E-state index is 10.8. The summed E-state index contributed by atoms with van der Waals surface area (Å²) in [5.41, 5.74) is 10.8. The second kappa shape index (κ2) is 4.43. The van der Waals surface area contributed by atoms with Crippen molar-refractivity contribution in [3.8, 4) is 0 Å². The first-order valence-electron chi connectivity index (χ1n) is 3.96. The summed E-state index contributed by atoms with van der Waals surface area (Å²) in [6, 6.07) is 0. The predicted octanol–water partition coefficient (Wildman–Crippen LogP) is -0.276. The molecule has 76 valence electrons. The van der Waals surface area contributed by atoms with E-state index in [0.717, 1.165) is 0 Å². The Morgan fingerprint density at radius 3 is 3.00 bits per heavy atom. The number of ether oxygens (including phenoxy) is 1. The molecule has 6 nitrogen and oxygen atoms in total. The number of nitrogens with zero attached hydrogens (tertiary/aromatic N) is 2. The van der Waals surface area contributed by atoms with Gasteiger partial charge in [-0.15, -0.1) is 6.58 Å². The van der Waals surface area contributed by atoms with Crippen LogP contribution in [0.15, 0.2) is 18.9 Å². The van der Waals surface area contributed by atoms with Gasteiger partial charge in [-0.25, -0.2) is 4.68 Å². The zero-order chi connectivity index (χ0) is 10.6. The van der Waals surface area contributed by atoms with E-state index in [1.54, 1.807) is 6.08 Å². The highest BCUT2D eigenvalue weighted by molar-refractivity contribution is 5.95. The van der Waals surface area contributed by atoms with Crippen LogP contribution in [0, 0.1) is 0 Å². The Hall–Kier alpha value is -1.82. The standard InChI is InChI=1S/C8H12N4O2/c1-2-3-14-5-12-4-6(9)7(11-12)8(10)13/h2,4H,1,3,5,9H2,(H2,10,13). The summed E-state index contributed by atoms with van der Waals surface area (Å²) in [6.45, 7) is 4.11. The molecule has 0 spiro atoms. The highest BCUT2D eigenvalue weighted by atomic mass is 16.5. The van der Waals surface area contributed by atoms with Gasteiger partial charge < -0.3 is 16.2 Å². The van der Waals surface area contributed by atoms with Crippen molar-refractivity contribution in [1.29, 1.82) is 0 Å². The first kappa shape index (κ1) is 10.3. The number of amides is 1. The molecule has 4 N–H and O–H groups in total. The van der Waals surface area contributed by atoms with Crippen molar-refractivity contribution >= 4 is 11.6 Å². The molecule has 14 heavy (non-hydrogen) atoms. The summed E-state index contributed by atoms with van der Waals surface area (Å²) in [4.78, 5) is 10.8. The van der Waals surface area contributed by atoms with E-state index < -0.39 is 5.91 Å². The third-order valence-electron chi connectivity index (χ3n) is 1.48. The number of carbonyl (C=O) groups excluding carboxylic acids is 1. The minimum atomic E-state index is -0.648. The molecule has 0 unspecified atom stereocenters. The van der Waals surface area contributed by atoms with E-state index >= 15 is 0 Å². The average Bonchev–Trinajstić information content (AvgIpc) is 2.47. The Kier molecular flexibility index (Phi) is 3.24. The summed E-state index contributed by atoms with van der Waals surface area (Å²) >= 11 is 0. The fourth-order valence-corrected chi connectivity index (χ4v) is 0.924. The molecule has 1 amide bonds. The van der Waals surface area contributed by atoms with E-state index in [0.29, 0.717) is 6.61 Å². The number of nitrogens with two attached hydrogens (primary N) is 2. The Labute approximate surface area is 81.1 Å². The molecule has 0 saturated heterocycles. The van der Waals surface area contributed by atoms with Gasteiger partial charge in [0.15, 0.2) is 5.69 Å². The number of hydrogen-bond donors (Lipinski definition) is 2. The lowest BCUT2D eigenvalue weighted by atomic mass is 10.4. The minimum Gasteiger partial charge on any atom is -0.396 e. The van der Waals surface area contributed by atoms with Crippen molar-refractivity contribution in [1.82, 2.24) is 9.78 Å². The van der Waals surface area contributed by atoms with Crippen molar-refractivity contribution in [2.24, 2.45) is 5.73 Å². The van der Waals surface area contributed by atoms with Gasteiger partial charge in [0.2, 0.25) is 0 Å². The number of primary amides is 1. The Balaban J connectivity index is 2.66. The van der Waals surface area contributed by atoms with E-state index in [9.17, 15) is 4.79 Å². The largest absolute Gasteiger partial charge is 0.396 e. The smallest absolute Gasteiger partial charge is 0.271 e. The average molecular weight is 196 g/mol. The van der Waals surface area contributed by atoms with Gasteiger partial charge in [-0.2, -0.15) is 5.10 Å². The first-order valence-corrected chi connectivity index (χ1v) is 3.96. The zero-order valence-corrected chi connectivity index (χ0v) is 7.64. The molecule has 0 aliphatic heterocycles. The van der Waals surface area contributed by atoms with Gasteiger partial charge in [-0.3, -0.25) is 4.79 Å². The minimum absolute atomic E-state index is 0.0622. The SMILES string of the molecule is C=CCOCn1cc(N)c(C(N)=O)n1. The van der Waals surface area contributed by atoms with Gasteiger partial charge in [0.1, 0.15) is 6.73 Å². The van der Waals surface area contributed by atoms with Gasteiger partial charge >= 0.3 is 0 Å². The lowest BCUT2D eigenvalue weighted by molar-refractivity contribution is 0.0894. The van der Waals surface area contributed by atoms with Gasteiger partial charge in [0, 0.05) is 0 Å². The normalized spacial score (nSPS) is 10.0. The van der Waals surface area contributed by atoms with Crippen LogP contribution in [0.3, 0.4) is 0 Å². The molecule has 1 aromatic rings. The molecule has 0 bridgehead atoms. The molecule has 0 aliphatic rings. The van der Waals surface area contributed by atoms with Crippen LogP contribution in [0.4, 0.5) is 5.69 Å². The highest BCUT2D eigenvalue weighted by Gasteiger charge is 2.10. The fraction of sp³-hybridized carbons (Fsp3) is 0.250. The molecule has 0 aromatic carbocycles. The number of hydrogen-bond acceptors (Lipinski definition) is 4. The topological polar surface area (TPSA) is 96.2 Å². The maximum Gasteiger partial charge on any atom is 0.271 e. The first-order chi connectivity index (χ1) is 6.65. The van der Waals surface area contributed by atoms with Gasteiger partial charge in [-0.1, -0.05) is 6.08 Å². The Morgan fingerprint density at radius 2 is 2.50 bits per heavy atom. The Bertz CT molecular complexity index is 345. The molecule has 1 rings (SSSR count). The molecule has 1 aromatic heterocycles. The molecule has 0 fully saturated rings. The molecular weight excluding hydrogens is 184 g/mol. The van der Waals surface area contributed by atoms with E-state index in [2.05, 4.69) is 11.7 Å². The van der Waals surface area contributed by atoms with E-state index in [1.165, 1.54) is 10.9 Å². The molecule has 0 radical (unpaired) electrons. The van der Waals surface area contributed by atoms with Gasteiger partial charge in [0.25, 0.3) is 5.91 Å². The molecule has 0 aliphatic carbocycles. The Morgan fingerprint density at radius 1 is 1.79 bits per heavy atom. The molecule has 1 heterocycles. The third kappa shape index (κ3) is 2.33. The van der Waals surface area contributed by atoms with Crippen molar-refractivity contribution in [3.63, 3.8) is 0 Å². The second-order valence-electron chi connectivity index (χ2n) is 2.63. The summed E-state index contributed by atoms with van der Waals surface area (Å²) < 4.78 is 6.49. The number of aromatic nitrogens is 2. The van der Waals surface area contributed by atoms with Crippen LogP contribution in [-0.2, 0) is 11.5 Å². The van der Waals surface area contributed by atoms with Crippen molar-refractivity contribution in [2.75, 3.05) is 12.3 Å². The summed E-state index contributed by atoms with van der Waals surface area (Å²) in [5, 5.41) is 3.84. The number of anilines is 1. The van der Waals surface area contributed by atoms with Crippen LogP contribution in [0.2, 0.25) is 0 Å². The van der Waals surface area contributed by atoms with E-state index in [1.807, 2.05) is 0 Å². The van der Waals surface area contributed by atoms with Crippen LogP contribution >= 0.6 is 0 Å². The van der Waals surface area contributed by atoms with Crippen LogP contribution in [0.1, 0.15) is 10.5 Å². The molecule has 0 saturated carbocycles. The summed E-state index contributed by atoms with van der Waals surface area (Å²) in [5.74, 6) is -0.648. The number of carbonyl (C=O) groups is 1. The lowest BCUT2D eigenvalue weighted by Gasteiger charge is -1.99. The van der Waals surface area contributed by atoms with Crippen LogP contribution < -0.4 is 11.5 Å². The third-order valence-corrected chi connectivity index (χ3v) is 1.48. The maximum atomic E-state index is 10.8. The lowest BCUT2D eigenvalue weighted by Crippen LogP contribution is -2.14. The quantitative estimate of drug-likeness (QED) is 0.500. The molecular formula is C8H12N4O2. The number of rotatable bonds is 5. The second-order valence-corrected chi connectivity index (χ2v) is 2.63. The molecule has 6 heteroatoms. The zero-order valence-electron chi connectivity index (χ0n) is 7.64. The predicted molar refractivity (Wildman–Crippen MR) is 51.3 cm³/mol. The van der Waals surface area contributed by atoms with E-state index in [-0.39, 0.29) is 18.1 Å². The summed E-state index contributed by atoms with van der Waals surface area (Å²) in [7, 11) is 0. The summed E-state index contributed by atoms with van der Waals surface area (Å²) in [6.07, 6.45) is 3.10. The van der Waals surface area contributed by atoms with Crippen LogP contribution in [0.25, 0.3) is 0 Å². The van der Waals surface area contributed by atoms with E-state index in [4.69, 9.17) is 16.2 Å². The monoisotopic (exact) mass is 196 g/mol. The van der Waals surface area contributed by atoms with Gasteiger partial charge in [-0.05, 0) is 0 Å². The van der Waals surface area contributed by atoms with Crippen LogP contribution in [0.5, 0.6) is 0 Å². The highest BCUT2D eigenvalue weighted by Crippen LogP contribution is 2.07. The van der Waals surface area contributed by atoms with Crippen LogP contribution in [-0.4, -0.2) is 22.3 Å². The van der Waals surface area contributed by atoms with Crippen molar-refractivity contribution in [2.45, 2.75) is 6.73 Å². The molecule has 0 atom stereocenters. The van der Waals surface area contributed by atoms with Crippen molar-refractivity contribution < 1.29 is 9.53 Å². The van der Waals surface area contributed by atoms with Crippen molar-refractivity contribution in [3.05, 3.63) is 24.5 Å².